The lowest BCUT2D eigenvalue weighted by atomic mass is 10.4. The van der Waals surface area contributed by atoms with E-state index in [0.717, 1.165) is 0 Å². The lowest BCUT2D eigenvalue weighted by Crippen LogP contribution is -2.35. The first-order valence-corrected chi connectivity index (χ1v) is 7.88. The number of hydrogen-bond acceptors (Lipinski definition) is 5. The third kappa shape index (κ3) is 4.97. The van der Waals surface area contributed by atoms with Crippen molar-refractivity contribution in [2.75, 3.05) is 27.4 Å². The Kier molecular flexibility index (Phi) is 6.64. The molecule has 0 spiro atoms. The molecule has 1 unspecified atom stereocenters. The highest BCUT2D eigenvalue weighted by molar-refractivity contribution is 9.10. The van der Waals surface area contributed by atoms with E-state index in [0.29, 0.717) is 4.47 Å². The molecule has 0 fully saturated rings. The molecular formula is C10H14BrClN2O4S. The lowest BCUT2D eigenvalue weighted by Gasteiger charge is -2.15. The van der Waals surface area contributed by atoms with Crippen LogP contribution in [0.4, 0.5) is 0 Å². The van der Waals surface area contributed by atoms with Crippen molar-refractivity contribution in [3.8, 4) is 0 Å². The molecule has 108 valence electrons. The van der Waals surface area contributed by atoms with Gasteiger partial charge in [0.25, 0.3) is 0 Å². The Morgan fingerprint density at radius 3 is 2.79 bits per heavy atom. The zero-order chi connectivity index (χ0) is 14.5. The summed E-state index contributed by atoms with van der Waals surface area (Å²) in [5, 5.41) is -0.0867. The number of rotatable bonds is 7. The number of pyridine rings is 1. The van der Waals surface area contributed by atoms with Gasteiger partial charge in [-0.05, 0) is 22.0 Å². The van der Waals surface area contributed by atoms with E-state index in [4.69, 9.17) is 21.1 Å². The van der Waals surface area contributed by atoms with Gasteiger partial charge in [0.15, 0.2) is 0 Å². The maximum absolute atomic E-state index is 12.1. The standard InChI is InChI=1S/C10H14BrClN2O4S/c1-17-6-8(18-2)5-14-19(15,16)9-3-7(11)4-13-10(9)12/h3-4,8,14H,5-6H2,1-2H3. The van der Waals surface area contributed by atoms with Crippen LogP contribution in [0, 0.1) is 0 Å². The van der Waals surface area contributed by atoms with Crippen molar-refractivity contribution < 1.29 is 17.9 Å². The Bertz CT molecular complexity index is 526. The minimum absolute atomic E-state index is 0.0789. The van der Waals surface area contributed by atoms with Crippen LogP contribution < -0.4 is 4.72 Å². The van der Waals surface area contributed by atoms with Gasteiger partial charge in [0, 0.05) is 31.4 Å². The molecule has 0 aromatic carbocycles. The molecule has 1 rings (SSSR count). The normalized spacial score (nSPS) is 13.5. The quantitative estimate of drug-likeness (QED) is 0.732. The number of nitrogens with zero attached hydrogens (tertiary/aromatic N) is 1. The molecule has 0 saturated carbocycles. The second-order valence-corrected chi connectivity index (χ2v) is 6.62. The summed E-state index contributed by atoms with van der Waals surface area (Å²) in [6.45, 7) is 0.360. The first-order valence-electron chi connectivity index (χ1n) is 5.23. The number of hydrogen-bond donors (Lipinski definition) is 1. The van der Waals surface area contributed by atoms with Crippen LogP contribution in [0.3, 0.4) is 0 Å². The molecule has 1 aromatic rings. The molecule has 6 nitrogen and oxygen atoms in total. The van der Waals surface area contributed by atoms with Crippen LogP contribution >= 0.6 is 27.5 Å². The fraction of sp³-hybridized carbons (Fsp3) is 0.500. The summed E-state index contributed by atoms with van der Waals surface area (Å²) in [5.74, 6) is 0. The minimum Gasteiger partial charge on any atom is -0.382 e. The maximum atomic E-state index is 12.1. The summed E-state index contributed by atoms with van der Waals surface area (Å²) in [7, 11) is -0.760. The predicted molar refractivity (Wildman–Crippen MR) is 74.8 cm³/mol. The molecule has 0 aliphatic carbocycles. The van der Waals surface area contributed by atoms with E-state index in [-0.39, 0.29) is 29.3 Å². The van der Waals surface area contributed by atoms with Gasteiger partial charge in [-0.1, -0.05) is 11.6 Å². The maximum Gasteiger partial charge on any atom is 0.243 e. The SMILES string of the molecule is COCC(CNS(=O)(=O)c1cc(Br)cnc1Cl)OC. The molecule has 1 aromatic heterocycles. The highest BCUT2D eigenvalue weighted by Gasteiger charge is 2.21. The van der Waals surface area contributed by atoms with E-state index >= 15 is 0 Å². The Morgan fingerprint density at radius 1 is 1.53 bits per heavy atom. The van der Waals surface area contributed by atoms with Crippen molar-refractivity contribution in [1.82, 2.24) is 9.71 Å². The van der Waals surface area contributed by atoms with Crippen LogP contribution in [0.2, 0.25) is 5.15 Å². The van der Waals surface area contributed by atoms with Gasteiger partial charge >= 0.3 is 0 Å². The van der Waals surface area contributed by atoms with Crippen molar-refractivity contribution in [3.63, 3.8) is 0 Å². The van der Waals surface area contributed by atoms with Gasteiger partial charge in [0.05, 0.1) is 12.7 Å². The molecule has 0 bridgehead atoms. The Balaban J connectivity index is 2.83. The van der Waals surface area contributed by atoms with Crippen LogP contribution in [0.15, 0.2) is 21.6 Å². The summed E-state index contributed by atoms with van der Waals surface area (Å²) < 4.78 is 37.0. The summed E-state index contributed by atoms with van der Waals surface area (Å²) in [6, 6.07) is 1.38. The van der Waals surface area contributed by atoms with E-state index in [1.54, 1.807) is 0 Å². The van der Waals surface area contributed by atoms with Crippen LogP contribution in [-0.2, 0) is 19.5 Å². The number of nitrogens with one attached hydrogen (secondary N) is 1. The largest absolute Gasteiger partial charge is 0.382 e. The van der Waals surface area contributed by atoms with E-state index in [1.165, 1.54) is 26.5 Å². The van der Waals surface area contributed by atoms with Crippen molar-refractivity contribution in [2.24, 2.45) is 0 Å². The van der Waals surface area contributed by atoms with Crippen LogP contribution in [0.5, 0.6) is 0 Å². The molecule has 19 heavy (non-hydrogen) atoms. The van der Waals surface area contributed by atoms with E-state index in [9.17, 15) is 8.42 Å². The van der Waals surface area contributed by atoms with Crippen LogP contribution in [0.1, 0.15) is 0 Å². The number of sulfonamides is 1. The second-order valence-electron chi connectivity index (χ2n) is 3.61. The zero-order valence-corrected chi connectivity index (χ0v) is 13.5. The summed E-state index contributed by atoms with van der Waals surface area (Å²) in [5.41, 5.74) is 0. The monoisotopic (exact) mass is 372 g/mol. The number of ether oxygens (including phenoxy) is 2. The second kappa shape index (κ2) is 7.51. The molecule has 0 aliphatic rings. The minimum atomic E-state index is -3.75. The van der Waals surface area contributed by atoms with Crippen molar-refractivity contribution in [2.45, 2.75) is 11.0 Å². The lowest BCUT2D eigenvalue weighted by molar-refractivity contribution is 0.0320. The van der Waals surface area contributed by atoms with E-state index in [1.807, 2.05) is 0 Å². The van der Waals surface area contributed by atoms with Crippen molar-refractivity contribution in [3.05, 3.63) is 21.9 Å². The molecule has 0 saturated heterocycles. The zero-order valence-electron chi connectivity index (χ0n) is 10.4. The number of aromatic nitrogens is 1. The highest BCUT2D eigenvalue weighted by Crippen LogP contribution is 2.22. The molecule has 1 N–H and O–H groups in total. The first kappa shape index (κ1) is 16.8. The van der Waals surface area contributed by atoms with Gasteiger partial charge < -0.3 is 9.47 Å². The van der Waals surface area contributed by atoms with Gasteiger partial charge in [-0.15, -0.1) is 0 Å². The smallest absolute Gasteiger partial charge is 0.243 e. The Labute approximate surface area is 125 Å². The third-order valence-electron chi connectivity index (χ3n) is 2.25. The van der Waals surface area contributed by atoms with Crippen molar-refractivity contribution >= 4 is 37.6 Å². The van der Waals surface area contributed by atoms with Crippen LogP contribution in [-0.4, -0.2) is 46.9 Å². The highest BCUT2D eigenvalue weighted by atomic mass is 79.9. The molecule has 0 amide bonds. The average Bonchev–Trinajstić information content (AvgIpc) is 2.37. The third-order valence-corrected chi connectivity index (χ3v) is 4.53. The van der Waals surface area contributed by atoms with Gasteiger partial charge in [-0.2, -0.15) is 0 Å². The molecule has 1 atom stereocenters. The number of methoxy groups -OCH3 is 2. The molecular weight excluding hydrogens is 360 g/mol. The van der Waals surface area contributed by atoms with Gasteiger partial charge in [-0.3, -0.25) is 0 Å². The fourth-order valence-corrected chi connectivity index (χ4v) is 3.28. The average molecular weight is 374 g/mol. The molecule has 9 heteroatoms. The molecule has 0 radical (unpaired) electrons. The van der Waals surface area contributed by atoms with E-state index < -0.39 is 10.0 Å². The molecule has 0 aliphatic heterocycles. The van der Waals surface area contributed by atoms with Gasteiger partial charge in [0.2, 0.25) is 10.0 Å². The summed E-state index contributed by atoms with van der Waals surface area (Å²) in [6.07, 6.45) is 1.04. The number of halogens is 2. The van der Waals surface area contributed by atoms with Gasteiger partial charge in [0.1, 0.15) is 10.0 Å². The van der Waals surface area contributed by atoms with Gasteiger partial charge in [-0.25, -0.2) is 18.1 Å². The fourth-order valence-electron chi connectivity index (χ4n) is 1.27. The predicted octanol–water partition coefficient (Wildman–Crippen LogP) is 1.44. The first-order chi connectivity index (χ1) is 8.90. The van der Waals surface area contributed by atoms with Crippen LogP contribution in [0.25, 0.3) is 0 Å². The summed E-state index contributed by atoms with van der Waals surface area (Å²) >= 11 is 8.93. The van der Waals surface area contributed by atoms with E-state index in [2.05, 4.69) is 25.6 Å². The summed E-state index contributed by atoms with van der Waals surface area (Å²) in [4.78, 5) is 3.68. The molecule has 1 heterocycles. The Morgan fingerprint density at radius 2 is 2.21 bits per heavy atom. The topological polar surface area (TPSA) is 77.5 Å². The Hall–Kier alpha value is -0.250. The van der Waals surface area contributed by atoms with Crippen molar-refractivity contribution in [1.29, 1.82) is 0 Å².